The van der Waals surface area contributed by atoms with Gasteiger partial charge in [-0.1, -0.05) is 36.9 Å². The van der Waals surface area contributed by atoms with E-state index in [2.05, 4.69) is 26.1 Å². The van der Waals surface area contributed by atoms with Crippen LogP contribution in [-0.2, 0) is 19.7 Å². The minimum atomic E-state index is -0.518. The fourth-order valence-electron chi connectivity index (χ4n) is 5.36. The third-order valence-electron chi connectivity index (χ3n) is 7.17. The Hall–Kier alpha value is -2.71. The van der Waals surface area contributed by atoms with Crippen molar-refractivity contribution >= 4 is 40.6 Å². The molecule has 0 bridgehead atoms. The van der Waals surface area contributed by atoms with Gasteiger partial charge in [0, 0.05) is 24.6 Å². The summed E-state index contributed by atoms with van der Waals surface area (Å²) < 4.78 is 5.47. The average Bonchev–Trinajstić information content (AvgIpc) is 3.09. The number of anilines is 3. The molecule has 1 aromatic carbocycles. The van der Waals surface area contributed by atoms with Crippen molar-refractivity contribution in [3.05, 3.63) is 41.0 Å². The number of nitrogens with zero attached hydrogens (tertiary/aromatic N) is 2. The lowest BCUT2D eigenvalue weighted by Gasteiger charge is -2.31. The van der Waals surface area contributed by atoms with Gasteiger partial charge in [0.25, 0.3) is 0 Å². The van der Waals surface area contributed by atoms with Crippen LogP contribution in [-0.4, -0.2) is 41.3 Å². The molecule has 1 atom stereocenters. The lowest BCUT2D eigenvalue weighted by atomic mass is 9.75. The third kappa shape index (κ3) is 4.42. The van der Waals surface area contributed by atoms with Gasteiger partial charge in [-0.3, -0.25) is 9.59 Å². The standard InChI is InChI=1S/C24H28ClN5O3/c25-19-8-9-20(30-29-19)28-21(15-4-2-1-3-5-15)22(31)26-16-6-7-17-18(14-16)27-23(32)24(17)10-12-33-13-11-24/h6-9,14-15,21H,1-5,10-13H2,(H,26,31)(H,27,32)(H,28,30)/t21-/m0/s1. The van der Waals surface area contributed by atoms with Crippen molar-refractivity contribution < 1.29 is 14.3 Å². The van der Waals surface area contributed by atoms with Crippen molar-refractivity contribution in [2.45, 2.75) is 56.4 Å². The van der Waals surface area contributed by atoms with Gasteiger partial charge < -0.3 is 20.7 Å². The van der Waals surface area contributed by atoms with E-state index in [-0.39, 0.29) is 17.7 Å². The molecule has 3 N–H and O–H groups in total. The SMILES string of the molecule is O=C(Nc1ccc2c(c1)NC(=O)C21CCOCC1)[C@@H](Nc1ccc(Cl)nn1)C1CCCCC1. The predicted octanol–water partition coefficient (Wildman–Crippen LogP) is 4.13. The molecule has 3 aliphatic rings. The Bertz CT molecular complexity index is 1030. The van der Waals surface area contributed by atoms with E-state index in [0.717, 1.165) is 36.9 Å². The van der Waals surface area contributed by atoms with Crippen LogP contribution in [0.3, 0.4) is 0 Å². The van der Waals surface area contributed by atoms with E-state index in [1.54, 1.807) is 12.1 Å². The zero-order valence-electron chi connectivity index (χ0n) is 18.4. The number of benzene rings is 1. The van der Waals surface area contributed by atoms with Crippen LogP contribution in [0.1, 0.15) is 50.5 Å². The second kappa shape index (κ2) is 9.27. The van der Waals surface area contributed by atoms with Gasteiger partial charge in [-0.2, -0.15) is 0 Å². The molecule has 9 heteroatoms. The Kier molecular flexibility index (Phi) is 6.21. The first kappa shape index (κ1) is 22.1. The van der Waals surface area contributed by atoms with Gasteiger partial charge in [0.1, 0.15) is 11.9 Å². The Labute approximate surface area is 197 Å². The van der Waals surface area contributed by atoms with Crippen LogP contribution < -0.4 is 16.0 Å². The fraction of sp³-hybridized carbons (Fsp3) is 0.500. The molecule has 5 rings (SSSR count). The highest BCUT2D eigenvalue weighted by Gasteiger charge is 2.47. The normalized spacial score (nSPS) is 20.7. The number of rotatable bonds is 5. The molecule has 2 fully saturated rings. The number of ether oxygens (including phenoxy) is 1. The number of hydrogen-bond donors (Lipinski definition) is 3. The first-order valence-corrected chi connectivity index (χ1v) is 12.0. The van der Waals surface area contributed by atoms with Crippen LogP contribution in [0, 0.1) is 5.92 Å². The molecule has 2 aromatic rings. The summed E-state index contributed by atoms with van der Waals surface area (Å²) in [5.41, 5.74) is 1.90. The monoisotopic (exact) mass is 469 g/mol. The summed E-state index contributed by atoms with van der Waals surface area (Å²) in [5.74, 6) is 0.625. The first-order chi connectivity index (χ1) is 16.0. The van der Waals surface area contributed by atoms with E-state index in [1.165, 1.54) is 6.42 Å². The number of hydrogen-bond acceptors (Lipinski definition) is 6. The van der Waals surface area contributed by atoms with Crippen molar-refractivity contribution in [2.75, 3.05) is 29.2 Å². The maximum absolute atomic E-state index is 13.4. The molecule has 3 heterocycles. The van der Waals surface area contributed by atoms with Crippen molar-refractivity contribution in [3.8, 4) is 0 Å². The van der Waals surface area contributed by atoms with E-state index in [1.807, 2.05) is 18.2 Å². The summed E-state index contributed by atoms with van der Waals surface area (Å²) in [6.07, 6.45) is 6.73. The summed E-state index contributed by atoms with van der Waals surface area (Å²) >= 11 is 5.86. The Balaban J connectivity index is 1.35. The highest BCUT2D eigenvalue weighted by atomic mass is 35.5. The summed E-state index contributed by atoms with van der Waals surface area (Å²) in [4.78, 5) is 26.2. The summed E-state index contributed by atoms with van der Waals surface area (Å²) in [6, 6.07) is 8.65. The summed E-state index contributed by atoms with van der Waals surface area (Å²) in [6.45, 7) is 1.15. The molecule has 1 aromatic heterocycles. The molecule has 1 saturated heterocycles. The van der Waals surface area contributed by atoms with Crippen LogP contribution in [0.5, 0.6) is 0 Å². The number of aromatic nitrogens is 2. The van der Waals surface area contributed by atoms with Crippen LogP contribution in [0.25, 0.3) is 0 Å². The van der Waals surface area contributed by atoms with E-state index in [9.17, 15) is 9.59 Å². The van der Waals surface area contributed by atoms with Crippen LogP contribution in [0.4, 0.5) is 17.2 Å². The highest BCUT2D eigenvalue weighted by molar-refractivity contribution is 6.29. The Morgan fingerprint density at radius 1 is 1.12 bits per heavy atom. The van der Waals surface area contributed by atoms with Gasteiger partial charge in [-0.25, -0.2) is 0 Å². The molecule has 33 heavy (non-hydrogen) atoms. The molecular weight excluding hydrogens is 442 g/mol. The van der Waals surface area contributed by atoms with Crippen molar-refractivity contribution in [3.63, 3.8) is 0 Å². The summed E-state index contributed by atoms with van der Waals surface area (Å²) in [7, 11) is 0. The second-order valence-electron chi connectivity index (χ2n) is 9.16. The maximum atomic E-state index is 13.4. The molecule has 0 unspecified atom stereocenters. The Morgan fingerprint density at radius 2 is 1.91 bits per heavy atom. The van der Waals surface area contributed by atoms with E-state index in [4.69, 9.17) is 16.3 Å². The van der Waals surface area contributed by atoms with E-state index < -0.39 is 11.5 Å². The van der Waals surface area contributed by atoms with Gasteiger partial charge in [0.2, 0.25) is 11.8 Å². The smallest absolute Gasteiger partial charge is 0.247 e. The molecule has 2 aliphatic heterocycles. The number of fused-ring (bicyclic) bond motifs is 2. The average molecular weight is 470 g/mol. The zero-order chi connectivity index (χ0) is 22.8. The quantitative estimate of drug-likeness (QED) is 0.608. The predicted molar refractivity (Wildman–Crippen MR) is 126 cm³/mol. The molecule has 0 radical (unpaired) electrons. The Morgan fingerprint density at radius 3 is 2.64 bits per heavy atom. The molecule has 1 aliphatic carbocycles. The number of nitrogens with one attached hydrogen (secondary N) is 3. The topological polar surface area (TPSA) is 105 Å². The molecular formula is C24H28ClN5O3. The van der Waals surface area contributed by atoms with Gasteiger partial charge in [-0.05, 0) is 61.4 Å². The second-order valence-corrected chi connectivity index (χ2v) is 9.55. The van der Waals surface area contributed by atoms with Gasteiger partial charge in [0.05, 0.1) is 5.41 Å². The van der Waals surface area contributed by atoms with E-state index >= 15 is 0 Å². The molecule has 1 spiro atoms. The number of halogens is 1. The van der Waals surface area contributed by atoms with E-state index in [0.29, 0.717) is 42.7 Å². The molecule has 174 valence electrons. The van der Waals surface area contributed by atoms with Gasteiger partial charge in [-0.15, -0.1) is 10.2 Å². The van der Waals surface area contributed by atoms with Crippen molar-refractivity contribution in [1.29, 1.82) is 0 Å². The van der Waals surface area contributed by atoms with Crippen LogP contribution >= 0.6 is 11.6 Å². The van der Waals surface area contributed by atoms with Gasteiger partial charge >= 0.3 is 0 Å². The number of carbonyl (C=O) groups is 2. The van der Waals surface area contributed by atoms with Crippen molar-refractivity contribution in [2.24, 2.45) is 5.92 Å². The fourth-order valence-corrected chi connectivity index (χ4v) is 5.46. The van der Waals surface area contributed by atoms with Crippen LogP contribution in [0.15, 0.2) is 30.3 Å². The maximum Gasteiger partial charge on any atom is 0.247 e. The lowest BCUT2D eigenvalue weighted by molar-refractivity contribution is -0.124. The minimum absolute atomic E-state index is 0.0207. The zero-order valence-corrected chi connectivity index (χ0v) is 19.2. The molecule has 2 amide bonds. The molecule has 1 saturated carbocycles. The lowest BCUT2D eigenvalue weighted by Crippen LogP contribution is -2.42. The molecule has 8 nitrogen and oxygen atoms in total. The number of amides is 2. The first-order valence-electron chi connectivity index (χ1n) is 11.7. The van der Waals surface area contributed by atoms with Crippen LogP contribution in [0.2, 0.25) is 5.15 Å². The van der Waals surface area contributed by atoms with Gasteiger partial charge in [0.15, 0.2) is 5.15 Å². The minimum Gasteiger partial charge on any atom is -0.381 e. The number of carbonyl (C=O) groups excluding carboxylic acids is 2. The van der Waals surface area contributed by atoms with Crippen molar-refractivity contribution in [1.82, 2.24) is 10.2 Å². The largest absolute Gasteiger partial charge is 0.381 e. The summed E-state index contributed by atoms with van der Waals surface area (Å²) in [5, 5.41) is 17.6. The third-order valence-corrected chi connectivity index (χ3v) is 7.37. The highest BCUT2D eigenvalue weighted by Crippen LogP contribution is 2.45.